The lowest BCUT2D eigenvalue weighted by Crippen LogP contribution is -2.05. The van der Waals surface area contributed by atoms with Crippen molar-refractivity contribution in [1.82, 2.24) is 4.98 Å². The molecule has 0 radical (unpaired) electrons. The Balaban J connectivity index is 2.15. The molecule has 0 aliphatic carbocycles. The molecule has 0 atom stereocenters. The van der Waals surface area contributed by atoms with Crippen LogP contribution in [0.3, 0.4) is 0 Å². The van der Waals surface area contributed by atoms with Crippen LogP contribution < -0.4 is 10.5 Å². The summed E-state index contributed by atoms with van der Waals surface area (Å²) in [5, 5.41) is 1.35. The summed E-state index contributed by atoms with van der Waals surface area (Å²) in [6.07, 6.45) is 1.65. The molecule has 2 aromatic carbocycles. The molecule has 3 rings (SSSR count). The van der Waals surface area contributed by atoms with Crippen LogP contribution in [0.4, 0.5) is 5.69 Å². The van der Waals surface area contributed by atoms with Gasteiger partial charge in [-0.2, -0.15) is 0 Å². The summed E-state index contributed by atoms with van der Waals surface area (Å²) in [6.45, 7) is 0. The molecule has 21 heavy (non-hydrogen) atoms. The molecule has 1 heterocycles. The van der Waals surface area contributed by atoms with Gasteiger partial charge >= 0.3 is 0 Å². The standard InChI is InChI=1S/C16H13ClN2O2/c1-21-9-5-6-14(18)11(7-9)16(20)12-8-19-15-10(12)3-2-4-13(15)17/h2-8,19H,18H2,1H3. The Morgan fingerprint density at radius 3 is 2.81 bits per heavy atom. The first-order valence-electron chi connectivity index (χ1n) is 6.35. The van der Waals surface area contributed by atoms with Gasteiger partial charge in [0.15, 0.2) is 5.78 Å². The predicted molar refractivity (Wildman–Crippen MR) is 84.1 cm³/mol. The number of carbonyl (C=O) groups excluding carboxylic acids is 1. The number of hydrogen-bond acceptors (Lipinski definition) is 3. The van der Waals surface area contributed by atoms with Gasteiger partial charge in [-0.05, 0) is 24.3 Å². The number of ketones is 1. The summed E-state index contributed by atoms with van der Waals surface area (Å²) in [5.41, 5.74) is 8.01. The zero-order valence-electron chi connectivity index (χ0n) is 11.3. The van der Waals surface area contributed by atoms with Crippen molar-refractivity contribution in [2.75, 3.05) is 12.8 Å². The summed E-state index contributed by atoms with van der Waals surface area (Å²) in [5.74, 6) is 0.422. The lowest BCUT2D eigenvalue weighted by Gasteiger charge is -2.07. The molecule has 0 saturated carbocycles. The first-order chi connectivity index (χ1) is 10.1. The highest BCUT2D eigenvalue weighted by molar-refractivity contribution is 6.36. The smallest absolute Gasteiger partial charge is 0.197 e. The van der Waals surface area contributed by atoms with Crippen molar-refractivity contribution in [1.29, 1.82) is 0 Å². The maximum Gasteiger partial charge on any atom is 0.197 e. The molecule has 0 spiro atoms. The Kier molecular flexibility index (Phi) is 3.31. The fraction of sp³-hybridized carbons (Fsp3) is 0.0625. The van der Waals surface area contributed by atoms with Crippen LogP contribution in [0.2, 0.25) is 5.02 Å². The summed E-state index contributed by atoms with van der Waals surface area (Å²) in [4.78, 5) is 15.8. The van der Waals surface area contributed by atoms with Gasteiger partial charge in [0.1, 0.15) is 5.75 Å². The lowest BCUT2D eigenvalue weighted by molar-refractivity contribution is 0.104. The highest BCUT2D eigenvalue weighted by Gasteiger charge is 2.18. The third kappa shape index (κ3) is 2.23. The Bertz CT molecular complexity index is 839. The highest BCUT2D eigenvalue weighted by Crippen LogP contribution is 2.29. The second-order valence-corrected chi connectivity index (χ2v) is 5.05. The molecule has 0 amide bonds. The van der Waals surface area contributed by atoms with E-state index in [2.05, 4.69) is 4.98 Å². The SMILES string of the molecule is COc1ccc(N)c(C(=O)c2c[nH]c3c(Cl)cccc23)c1. The fourth-order valence-electron chi connectivity index (χ4n) is 2.31. The van der Waals surface area contributed by atoms with Crippen LogP contribution in [0.15, 0.2) is 42.6 Å². The molecule has 3 aromatic rings. The van der Waals surface area contributed by atoms with Gasteiger partial charge in [0.05, 0.1) is 17.6 Å². The van der Waals surface area contributed by atoms with E-state index < -0.39 is 0 Å². The molecule has 0 fully saturated rings. The van der Waals surface area contributed by atoms with Crippen molar-refractivity contribution >= 4 is 34.0 Å². The number of H-pyrrole nitrogens is 1. The Hall–Kier alpha value is -2.46. The first-order valence-corrected chi connectivity index (χ1v) is 6.73. The minimum atomic E-state index is -0.167. The summed E-state index contributed by atoms with van der Waals surface area (Å²) in [6, 6.07) is 10.5. The number of nitrogens with two attached hydrogens (primary N) is 1. The zero-order valence-corrected chi connectivity index (χ0v) is 12.1. The highest BCUT2D eigenvalue weighted by atomic mass is 35.5. The maximum absolute atomic E-state index is 12.7. The van der Waals surface area contributed by atoms with Gasteiger partial charge < -0.3 is 15.5 Å². The third-order valence-corrected chi connectivity index (χ3v) is 3.73. The number of rotatable bonds is 3. The average molecular weight is 301 g/mol. The normalized spacial score (nSPS) is 10.8. The molecule has 0 aliphatic rings. The van der Waals surface area contributed by atoms with Gasteiger partial charge in [-0.3, -0.25) is 4.79 Å². The summed E-state index contributed by atoms with van der Waals surface area (Å²) >= 11 is 6.11. The number of ether oxygens (including phenoxy) is 1. The van der Waals surface area contributed by atoms with E-state index in [9.17, 15) is 4.79 Å². The van der Waals surface area contributed by atoms with Gasteiger partial charge in [-0.25, -0.2) is 0 Å². The van der Waals surface area contributed by atoms with Crippen LogP contribution >= 0.6 is 11.6 Å². The molecule has 0 unspecified atom stereocenters. The van der Waals surface area contributed by atoms with Crippen LogP contribution in [0, 0.1) is 0 Å². The number of nitrogen functional groups attached to an aromatic ring is 1. The molecule has 0 aliphatic heterocycles. The van der Waals surface area contributed by atoms with Crippen molar-refractivity contribution in [3.05, 3.63) is 58.7 Å². The van der Waals surface area contributed by atoms with Crippen molar-refractivity contribution in [3.8, 4) is 5.75 Å². The number of fused-ring (bicyclic) bond motifs is 1. The van der Waals surface area contributed by atoms with E-state index >= 15 is 0 Å². The van der Waals surface area contributed by atoms with E-state index in [1.165, 1.54) is 0 Å². The van der Waals surface area contributed by atoms with Gasteiger partial charge in [-0.15, -0.1) is 0 Å². The second kappa shape index (κ2) is 5.14. The molecule has 4 nitrogen and oxygen atoms in total. The summed E-state index contributed by atoms with van der Waals surface area (Å²) in [7, 11) is 1.55. The molecular weight excluding hydrogens is 288 g/mol. The number of anilines is 1. The number of para-hydroxylation sites is 1. The Labute approximate surface area is 126 Å². The second-order valence-electron chi connectivity index (χ2n) is 4.65. The van der Waals surface area contributed by atoms with Gasteiger partial charge in [-0.1, -0.05) is 23.7 Å². The van der Waals surface area contributed by atoms with Crippen LogP contribution in [0.1, 0.15) is 15.9 Å². The van der Waals surface area contributed by atoms with Crippen molar-refractivity contribution in [2.24, 2.45) is 0 Å². The van der Waals surface area contributed by atoms with E-state index in [-0.39, 0.29) is 5.78 Å². The van der Waals surface area contributed by atoms with Crippen molar-refractivity contribution in [2.45, 2.75) is 0 Å². The molecular formula is C16H13ClN2O2. The zero-order chi connectivity index (χ0) is 15.0. The molecule has 0 bridgehead atoms. The van der Waals surface area contributed by atoms with Crippen LogP contribution in [-0.2, 0) is 0 Å². The fourth-order valence-corrected chi connectivity index (χ4v) is 2.54. The first kappa shape index (κ1) is 13.5. The van der Waals surface area contributed by atoms with E-state index in [4.69, 9.17) is 22.1 Å². The molecule has 5 heteroatoms. The van der Waals surface area contributed by atoms with Crippen LogP contribution in [0.5, 0.6) is 5.75 Å². The van der Waals surface area contributed by atoms with Gasteiger partial charge in [0.2, 0.25) is 0 Å². The lowest BCUT2D eigenvalue weighted by atomic mass is 10.0. The number of hydrogen-bond donors (Lipinski definition) is 2. The van der Waals surface area contributed by atoms with E-state index in [0.717, 1.165) is 10.9 Å². The quantitative estimate of drug-likeness (QED) is 0.573. The monoisotopic (exact) mass is 300 g/mol. The number of methoxy groups -OCH3 is 1. The largest absolute Gasteiger partial charge is 0.497 e. The maximum atomic E-state index is 12.7. The topological polar surface area (TPSA) is 68.1 Å². The third-order valence-electron chi connectivity index (χ3n) is 3.41. The number of aromatic nitrogens is 1. The Morgan fingerprint density at radius 1 is 1.24 bits per heavy atom. The van der Waals surface area contributed by atoms with Crippen molar-refractivity contribution < 1.29 is 9.53 Å². The Morgan fingerprint density at radius 2 is 2.05 bits per heavy atom. The average Bonchev–Trinajstić information content (AvgIpc) is 2.92. The number of aromatic amines is 1. The number of nitrogens with one attached hydrogen (secondary N) is 1. The molecule has 3 N–H and O–H groups in total. The molecule has 106 valence electrons. The number of benzene rings is 2. The van der Waals surface area contributed by atoms with Crippen molar-refractivity contribution in [3.63, 3.8) is 0 Å². The van der Waals surface area contributed by atoms with E-state index in [0.29, 0.717) is 27.6 Å². The summed E-state index contributed by atoms with van der Waals surface area (Å²) < 4.78 is 5.15. The minimum absolute atomic E-state index is 0.167. The van der Waals surface area contributed by atoms with E-state index in [1.807, 2.05) is 12.1 Å². The molecule has 0 saturated heterocycles. The minimum Gasteiger partial charge on any atom is -0.497 e. The van der Waals surface area contributed by atoms with E-state index in [1.54, 1.807) is 37.6 Å². The number of halogens is 1. The predicted octanol–water partition coefficient (Wildman–Crippen LogP) is 3.64. The van der Waals surface area contributed by atoms with Crippen LogP contribution in [0.25, 0.3) is 10.9 Å². The number of carbonyl (C=O) groups is 1. The molecule has 1 aromatic heterocycles. The van der Waals surface area contributed by atoms with Crippen LogP contribution in [-0.4, -0.2) is 17.9 Å². The van der Waals surface area contributed by atoms with Gasteiger partial charge in [0, 0.05) is 28.4 Å². The van der Waals surface area contributed by atoms with Gasteiger partial charge in [0.25, 0.3) is 0 Å².